The van der Waals surface area contributed by atoms with Gasteiger partial charge in [0.05, 0.1) is 0 Å². The van der Waals surface area contributed by atoms with Crippen LogP contribution in [0.1, 0.15) is 5.82 Å². The number of anilines is 1. The summed E-state index contributed by atoms with van der Waals surface area (Å²) in [7, 11) is 0. The van der Waals surface area contributed by atoms with Crippen LogP contribution < -0.4 is 11.1 Å². The number of pyridine rings is 1. The third-order valence-electron chi connectivity index (χ3n) is 2.37. The average Bonchev–Trinajstić information content (AvgIpc) is 2.84. The number of aromatic nitrogens is 4. The van der Waals surface area contributed by atoms with E-state index in [2.05, 4.69) is 38.6 Å². The molecule has 98 valence electrons. The first-order chi connectivity index (χ1) is 9.19. The van der Waals surface area contributed by atoms with Crippen LogP contribution in [-0.2, 0) is 6.42 Å². The van der Waals surface area contributed by atoms with E-state index in [-0.39, 0.29) is 0 Å². The Morgan fingerprint density at radius 2 is 2.37 bits per heavy atom. The molecule has 2 aromatic heterocycles. The maximum atomic E-state index is 5.54. The second kappa shape index (κ2) is 5.81. The SMILES string of the molecule is C=CCNc1cc(-c2n[nH]c(CC(=C)N)n2)ccn1. The van der Waals surface area contributed by atoms with Crippen LogP contribution in [0.25, 0.3) is 11.4 Å². The molecule has 0 amide bonds. The maximum Gasteiger partial charge on any atom is 0.181 e. The summed E-state index contributed by atoms with van der Waals surface area (Å²) in [5.74, 6) is 2.06. The molecule has 6 nitrogen and oxygen atoms in total. The molecule has 0 bridgehead atoms. The largest absolute Gasteiger partial charge is 0.402 e. The fourth-order valence-electron chi connectivity index (χ4n) is 1.56. The van der Waals surface area contributed by atoms with Gasteiger partial charge in [0.1, 0.15) is 11.6 Å². The lowest BCUT2D eigenvalue weighted by molar-refractivity contribution is 0.952. The molecule has 2 rings (SSSR count). The number of rotatable bonds is 6. The normalized spacial score (nSPS) is 10.1. The number of hydrogen-bond acceptors (Lipinski definition) is 5. The van der Waals surface area contributed by atoms with Gasteiger partial charge in [-0.3, -0.25) is 5.10 Å². The van der Waals surface area contributed by atoms with Crippen molar-refractivity contribution in [3.8, 4) is 11.4 Å². The van der Waals surface area contributed by atoms with E-state index in [0.717, 1.165) is 11.4 Å². The highest BCUT2D eigenvalue weighted by atomic mass is 15.2. The lowest BCUT2D eigenvalue weighted by atomic mass is 10.2. The van der Waals surface area contributed by atoms with E-state index in [0.29, 0.717) is 30.3 Å². The topological polar surface area (TPSA) is 92.5 Å². The van der Waals surface area contributed by atoms with Crippen LogP contribution in [0, 0.1) is 0 Å². The highest BCUT2D eigenvalue weighted by Crippen LogP contribution is 2.17. The molecule has 6 heteroatoms. The molecule has 0 aliphatic rings. The van der Waals surface area contributed by atoms with Crippen molar-refractivity contribution < 1.29 is 0 Å². The van der Waals surface area contributed by atoms with Gasteiger partial charge < -0.3 is 11.1 Å². The molecule has 0 saturated carbocycles. The summed E-state index contributed by atoms with van der Waals surface area (Å²) < 4.78 is 0. The number of allylic oxidation sites excluding steroid dienone is 1. The van der Waals surface area contributed by atoms with E-state index < -0.39 is 0 Å². The van der Waals surface area contributed by atoms with Gasteiger partial charge in [0, 0.05) is 30.4 Å². The zero-order chi connectivity index (χ0) is 13.7. The van der Waals surface area contributed by atoms with Crippen molar-refractivity contribution in [2.45, 2.75) is 6.42 Å². The summed E-state index contributed by atoms with van der Waals surface area (Å²) in [4.78, 5) is 8.56. The highest BCUT2D eigenvalue weighted by Gasteiger charge is 2.07. The lowest BCUT2D eigenvalue weighted by Gasteiger charge is -2.02. The second-order valence-corrected chi connectivity index (χ2v) is 4.04. The molecule has 0 radical (unpaired) electrons. The van der Waals surface area contributed by atoms with Crippen LogP contribution >= 0.6 is 0 Å². The molecule has 0 unspecified atom stereocenters. The second-order valence-electron chi connectivity index (χ2n) is 4.04. The minimum absolute atomic E-state index is 0.486. The third-order valence-corrected chi connectivity index (χ3v) is 2.37. The number of nitrogens with one attached hydrogen (secondary N) is 2. The van der Waals surface area contributed by atoms with Crippen LogP contribution in [0.3, 0.4) is 0 Å². The summed E-state index contributed by atoms with van der Waals surface area (Å²) in [5, 5.41) is 10.1. The summed E-state index contributed by atoms with van der Waals surface area (Å²) in [6.07, 6.45) is 3.96. The minimum Gasteiger partial charge on any atom is -0.402 e. The van der Waals surface area contributed by atoms with Gasteiger partial charge in [-0.2, -0.15) is 5.10 Å². The van der Waals surface area contributed by atoms with Gasteiger partial charge in [-0.25, -0.2) is 9.97 Å². The van der Waals surface area contributed by atoms with E-state index in [1.165, 1.54) is 0 Å². The molecule has 4 N–H and O–H groups in total. The summed E-state index contributed by atoms with van der Waals surface area (Å²) >= 11 is 0. The average molecular weight is 256 g/mol. The first kappa shape index (κ1) is 12.8. The van der Waals surface area contributed by atoms with E-state index in [1.54, 1.807) is 12.3 Å². The lowest BCUT2D eigenvalue weighted by Crippen LogP contribution is -2.00. The molecule has 2 aromatic rings. The Morgan fingerprint density at radius 1 is 1.53 bits per heavy atom. The Balaban J connectivity index is 2.18. The van der Waals surface area contributed by atoms with Crippen molar-refractivity contribution >= 4 is 5.82 Å². The molecular formula is C13H16N6. The fraction of sp³-hybridized carbons (Fsp3) is 0.154. The Kier molecular flexibility index (Phi) is 3.92. The monoisotopic (exact) mass is 256 g/mol. The van der Waals surface area contributed by atoms with Crippen LogP contribution in [0.15, 0.2) is 43.3 Å². The molecule has 19 heavy (non-hydrogen) atoms. The van der Waals surface area contributed by atoms with Gasteiger partial charge in [0.25, 0.3) is 0 Å². The van der Waals surface area contributed by atoms with Crippen molar-refractivity contribution in [1.82, 2.24) is 20.2 Å². The molecular weight excluding hydrogens is 240 g/mol. The van der Waals surface area contributed by atoms with Crippen molar-refractivity contribution in [1.29, 1.82) is 0 Å². The maximum absolute atomic E-state index is 5.54. The third kappa shape index (κ3) is 3.41. The van der Waals surface area contributed by atoms with Crippen molar-refractivity contribution in [3.63, 3.8) is 0 Å². The molecule has 0 spiro atoms. The molecule has 0 aliphatic heterocycles. The number of nitrogens with two attached hydrogens (primary N) is 1. The van der Waals surface area contributed by atoms with Crippen LogP contribution in [0.2, 0.25) is 0 Å². The highest BCUT2D eigenvalue weighted by molar-refractivity contribution is 5.59. The van der Waals surface area contributed by atoms with Crippen LogP contribution in [-0.4, -0.2) is 26.7 Å². The van der Waals surface area contributed by atoms with E-state index >= 15 is 0 Å². The molecule has 2 heterocycles. The van der Waals surface area contributed by atoms with Crippen molar-refractivity contribution in [2.24, 2.45) is 5.73 Å². The van der Waals surface area contributed by atoms with Crippen LogP contribution in [0.5, 0.6) is 0 Å². The van der Waals surface area contributed by atoms with Gasteiger partial charge >= 0.3 is 0 Å². The Labute approximate surface area is 111 Å². The van der Waals surface area contributed by atoms with E-state index in [1.807, 2.05) is 12.1 Å². The van der Waals surface area contributed by atoms with Gasteiger partial charge in [0.15, 0.2) is 5.82 Å². The number of hydrogen-bond donors (Lipinski definition) is 3. The van der Waals surface area contributed by atoms with Crippen molar-refractivity contribution in [3.05, 3.63) is 49.1 Å². The van der Waals surface area contributed by atoms with Gasteiger partial charge in [-0.15, -0.1) is 6.58 Å². The molecule has 0 atom stereocenters. The van der Waals surface area contributed by atoms with Gasteiger partial charge in [-0.05, 0) is 12.1 Å². The predicted octanol–water partition coefficient (Wildman–Crippen LogP) is 1.48. The van der Waals surface area contributed by atoms with Gasteiger partial charge in [0.2, 0.25) is 0 Å². The van der Waals surface area contributed by atoms with E-state index in [4.69, 9.17) is 5.73 Å². The molecule has 0 saturated heterocycles. The first-order valence-corrected chi connectivity index (χ1v) is 5.84. The zero-order valence-corrected chi connectivity index (χ0v) is 10.6. The zero-order valence-electron chi connectivity index (χ0n) is 10.6. The standard InChI is InChI=1S/C13H16N6/c1-3-5-15-11-8-10(4-6-16-11)13-17-12(18-19-13)7-9(2)14/h3-4,6,8H,1-2,5,7,14H2,(H,15,16)(H,17,18,19). The number of H-pyrrole nitrogens is 1. The number of aromatic amines is 1. The quantitative estimate of drug-likeness (QED) is 0.681. The van der Waals surface area contributed by atoms with Crippen molar-refractivity contribution in [2.75, 3.05) is 11.9 Å². The Bertz CT molecular complexity index is 586. The molecule has 0 aromatic carbocycles. The smallest absolute Gasteiger partial charge is 0.181 e. The first-order valence-electron chi connectivity index (χ1n) is 5.84. The summed E-state index contributed by atoms with van der Waals surface area (Å²) in [6.45, 7) is 7.94. The Hall–Kier alpha value is -2.63. The van der Waals surface area contributed by atoms with Gasteiger partial charge in [-0.1, -0.05) is 12.7 Å². The summed E-state index contributed by atoms with van der Waals surface area (Å²) in [5.41, 5.74) is 6.97. The number of nitrogens with zero attached hydrogens (tertiary/aromatic N) is 3. The fourth-order valence-corrected chi connectivity index (χ4v) is 1.56. The predicted molar refractivity (Wildman–Crippen MR) is 75.3 cm³/mol. The van der Waals surface area contributed by atoms with E-state index in [9.17, 15) is 0 Å². The molecule has 0 fully saturated rings. The molecule has 0 aliphatic carbocycles. The summed E-state index contributed by atoms with van der Waals surface area (Å²) in [6, 6.07) is 3.73. The van der Waals surface area contributed by atoms with Crippen LogP contribution in [0.4, 0.5) is 5.82 Å². The minimum atomic E-state index is 0.486. The Morgan fingerprint density at radius 3 is 3.11 bits per heavy atom.